The molecule has 3 aromatic rings. The molecule has 1 aromatic carbocycles. The third-order valence-corrected chi connectivity index (χ3v) is 4.18. The monoisotopic (exact) mass is 324 g/mol. The standard InChI is InChI=1S/C17H20N6O/c18-17-8-15(20-9-12-10-24-6-5-19-12)13-2-1-11(7-16(13)22-17)14-3-4-21-23-14/h1-4,7-8,12,19H,5-6,9-10H2,(H,21,23)(H3,18,20,22)/t12-/m0/s1. The molecule has 0 unspecified atom stereocenters. The van der Waals surface area contributed by atoms with E-state index in [2.05, 4.69) is 37.9 Å². The molecule has 1 saturated heterocycles. The predicted molar refractivity (Wildman–Crippen MR) is 94.8 cm³/mol. The molecule has 0 saturated carbocycles. The fraction of sp³-hybridized carbons (Fsp3) is 0.294. The van der Waals surface area contributed by atoms with E-state index in [-0.39, 0.29) is 0 Å². The Labute approximate surface area is 139 Å². The summed E-state index contributed by atoms with van der Waals surface area (Å²) in [6, 6.07) is 10.2. The number of aromatic nitrogens is 3. The molecular formula is C17H20N6O. The SMILES string of the molecule is Nc1cc(NC[C@H]2COCCN2)c2ccc(-c3ccn[nH]3)cc2n1. The minimum absolute atomic E-state index is 0.299. The Hall–Kier alpha value is -2.64. The number of benzene rings is 1. The van der Waals surface area contributed by atoms with Gasteiger partial charge in [-0.3, -0.25) is 5.10 Å². The number of nitrogens with zero attached hydrogens (tertiary/aromatic N) is 2. The third kappa shape index (κ3) is 3.04. The summed E-state index contributed by atoms with van der Waals surface area (Å²) in [5, 5.41) is 14.9. The highest BCUT2D eigenvalue weighted by Crippen LogP contribution is 2.28. The second-order valence-electron chi connectivity index (χ2n) is 5.90. The molecular weight excluding hydrogens is 304 g/mol. The molecule has 4 rings (SSSR count). The molecule has 1 fully saturated rings. The number of H-pyrrole nitrogens is 1. The Morgan fingerprint density at radius 1 is 1.29 bits per heavy atom. The van der Waals surface area contributed by atoms with Crippen LogP contribution in [0, 0.1) is 0 Å². The van der Waals surface area contributed by atoms with E-state index in [0.29, 0.717) is 11.9 Å². The van der Waals surface area contributed by atoms with Crippen LogP contribution in [0.2, 0.25) is 0 Å². The number of fused-ring (bicyclic) bond motifs is 1. The van der Waals surface area contributed by atoms with Gasteiger partial charge in [0.2, 0.25) is 0 Å². The molecule has 2 aromatic heterocycles. The molecule has 0 radical (unpaired) electrons. The second-order valence-corrected chi connectivity index (χ2v) is 5.90. The number of morpholine rings is 1. The van der Waals surface area contributed by atoms with Crippen molar-refractivity contribution in [1.82, 2.24) is 20.5 Å². The highest BCUT2D eigenvalue weighted by Gasteiger charge is 2.14. The van der Waals surface area contributed by atoms with Gasteiger partial charge >= 0.3 is 0 Å². The van der Waals surface area contributed by atoms with E-state index in [1.54, 1.807) is 6.20 Å². The lowest BCUT2D eigenvalue weighted by Gasteiger charge is -2.24. The number of ether oxygens (including phenoxy) is 1. The molecule has 5 N–H and O–H groups in total. The summed E-state index contributed by atoms with van der Waals surface area (Å²) >= 11 is 0. The predicted octanol–water partition coefficient (Wildman–Crippen LogP) is 1.61. The number of nitrogens with one attached hydrogen (secondary N) is 3. The number of hydrogen-bond donors (Lipinski definition) is 4. The van der Waals surface area contributed by atoms with E-state index in [9.17, 15) is 0 Å². The van der Waals surface area contributed by atoms with Gasteiger partial charge in [-0.1, -0.05) is 12.1 Å². The Bertz CT molecular complexity index is 826. The first-order valence-electron chi connectivity index (χ1n) is 8.04. The van der Waals surface area contributed by atoms with Gasteiger partial charge in [0, 0.05) is 48.0 Å². The molecule has 7 heteroatoms. The molecule has 1 aliphatic rings. The quantitative estimate of drug-likeness (QED) is 0.582. The van der Waals surface area contributed by atoms with Crippen molar-refractivity contribution in [2.75, 3.05) is 37.4 Å². The van der Waals surface area contributed by atoms with Crippen molar-refractivity contribution in [2.45, 2.75) is 6.04 Å². The molecule has 1 atom stereocenters. The van der Waals surface area contributed by atoms with Crippen molar-refractivity contribution in [1.29, 1.82) is 0 Å². The topological polar surface area (TPSA) is 101 Å². The summed E-state index contributed by atoms with van der Waals surface area (Å²) in [5.74, 6) is 0.500. The maximum Gasteiger partial charge on any atom is 0.126 e. The third-order valence-electron chi connectivity index (χ3n) is 4.18. The first kappa shape index (κ1) is 14.9. The van der Waals surface area contributed by atoms with E-state index in [1.807, 2.05) is 18.2 Å². The zero-order chi connectivity index (χ0) is 16.4. The van der Waals surface area contributed by atoms with Gasteiger partial charge in [-0.2, -0.15) is 5.10 Å². The van der Waals surface area contributed by atoms with Gasteiger partial charge < -0.3 is 21.1 Å². The first-order chi connectivity index (χ1) is 11.8. The van der Waals surface area contributed by atoms with Crippen LogP contribution < -0.4 is 16.4 Å². The number of aromatic amines is 1. The van der Waals surface area contributed by atoms with Gasteiger partial charge in [-0.25, -0.2) is 4.98 Å². The van der Waals surface area contributed by atoms with Gasteiger partial charge in [-0.05, 0) is 12.1 Å². The first-order valence-corrected chi connectivity index (χ1v) is 8.04. The zero-order valence-corrected chi connectivity index (χ0v) is 13.2. The molecule has 0 bridgehead atoms. The maximum absolute atomic E-state index is 5.99. The lowest BCUT2D eigenvalue weighted by atomic mass is 10.1. The van der Waals surface area contributed by atoms with Crippen LogP contribution in [0.25, 0.3) is 22.2 Å². The van der Waals surface area contributed by atoms with Crippen LogP contribution in [-0.2, 0) is 4.74 Å². The fourth-order valence-electron chi connectivity index (χ4n) is 2.96. The Morgan fingerprint density at radius 2 is 2.25 bits per heavy atom. The normalized spacial score (nSPS) is 17.9. The van der Waals surface area contributed by atoms with E-state index in [4.69, 9.17) is 10.5 Å². The van der Waals surface area contributed by atoms with Crippen LogP contribution in [0.15, 0.2) is 36.5 Å². The van der Waals surface area contributed by atoms with Gasteiger partial charge in [0.1, 0.15) is 5.82 Å². The average molecular weight is 324 g/mol. The van der Waals surface area contributed by atoms with Gasteiger partial charge in [0.05, 0.1) is 24.4 Å². The zero-order valence-electron chi connectivity index (χ0n) is 13.2. The molecule has 3 heterocycles. The fourth-order valence-corrected chi connectivity index (χ4v) is 2.96. The van der Waals surface area contributed by atoms with Crippen LogP contribution in [0.3, 0.4) is 0 Å². The van der Waals surface area contributed by atoms with E-state index in [0.717, 1.165) is 54.2 Å². The minimum atomic E-state index is 0.299. The lowest BCUT2D eigenvalue weighted by Crippen LogP contribution is -2.45. The average Bonchev–Trinajstić information content (AvgIpc) is 3.14. The van der Waals surface area contributed by atoms with Crippen molar-refractivity contribution in [3.63, 3.8) is 0 Å². The highest BCUT2D eigenvalue weighted by molar-refractivity contribution is 5.95. The maximum atomic E-state index is 5.99. The van der Waals surface area contributed by atoms with E-state index >= 15 is 0 Å². The van der Waals surface area contributed by atoms with Crippen LogP contribution in [0.4, 0.5) is 11.5 Å². The molecule has 7 nitrogen and oxygen atoms in total. The minimum Gasteiger partial charge on any atom is -0.384 e. The Morgan fingerprint density at radius 3 is 3.04 bits per heavy atom. The largest absolute Gasteiger partial charge is 0.384 e. The number of anilines is 2. The van der Waals surface area contributed by atoms with Crippen LogP contribution in [0.1, 0.15) is 0 Å². The molecule has 0 aliphatic carbocycles. The van der Waals surface area contributed by atoms with E-state index in [1.165, 1.54) is 0 Å². The van der Waals surface area contributed by atoms with Gasteiger partial charge in [0.25, 0.3) is 0 Å². The highest BCUT2D eigenvalue weighted by atomic mass is 16.5. The number of hydrogen-bond acceptors (Lipinski definition) is 6. The van der Waals surface area contributed by atoms with Crippen molar-refractivity contribution >= 4 is 22.4 Å². The van der Waals surface area contributed by atoms with Crippen LogP contribution in [0.5, 0.6) is 0 Å². The molecule has 0 amide bonds. The number of nitrogen functional groups attached to an aromatic ring is 1. The molecule has 24 heavy (non-hydrogen) atoms. The van der Waals surface area contributed by atoms with Gasteiger partial charge in [0.15, 0.2) is 0 Å². The van der Waals surface area contributed by atoms with E-state index < -0.39 is 0 Å². The second kappa shape index (κ2) is 6.46. The summed E-state index contributed by atoms with van der Waals surface area (Å²) in [6.07, 6.45) is 1.73. The summed E-state index contributed by atoms with van der Waals surface area (Å²) in [6.45, 7) is 3.16. The Kier molecular flexibility index (Phi) is 4.02. The van der Waals surface area contributed by atoms with Gasteiger partial charge in [-0.15, -0.1) is 0 Å². The van der Waals surface area contributed by atoms with Crippen LogP contribution in [-0.4, -0.2) is 47.5 Å². The number of rotatable bonds is 4. The molecule has 0 spiro atoms. The lowest BCUT2D eigenvalue weighted by molar-refractivity contribution is 0.0807. The number of nitrogens with two attached hydrogens (primary N) is 1. The summed E-state index contributed by atoms with van der Waals surface area (Å²) < 4.78 is 5.49. The number of pyridine rings is 1. The Balaban J connectivity index is 1.62. The van der Waals surface area contributed by atoms with Crippen molar-refractivity contribution < 1.29 is 4.74 Å². The van der Waals surface area contributed by atoms with Crippen LogP contribution >= 0.6 is 0 Å². The summed E-state index contributed by atoms with van der Waals surface area (Å²) in [4.78, 5) is 4.46. The molecule has 1 aliphatic heterocycles. The summed E-state index contributed by atoms with van der Waals surface area (Å²) in [7, 11) is 0. The van der Waals surface area contributed by atoms with Crippen molar-refractivity contribution in [3.8, 4) is 11.3 Å². The summed E-state index contributed by atoms with van der Waals surface area (Å²) in [5.41, 5.74) is 9.83. The molecule has 124 valence electrons. The smallest absolute Gasteiger partial charge is 0.126 e. The van der Waals surface area contributed by atoms with Crippen molar-refractivity contribution in [2.24, 2.45) is 0 Å². The van der Waals surface area contributed by atoms with Crippen molar-refractivity contribution in [3.05, 3.63) is 36.5 Å².